The number of nitrogens with zero attached hydrogens (tertiary/aromatic N) is 2. The first-order valence-electron chi connectivity index (χ1n) is 6.84. The average molecular weight is 276 g/mol. The Hall–Kier alpha value is -2.52. The predicted molar refractivity (Wildman–Crippen MR) is 81.8 cm³/mol. The molecule has 3 aromatic rings. The van der Waals surface area contributed by atoms with Crippen LogP contribution in [0.4, 0.5) is 0 Å². The van der Waals surface area contributed by atoms with E-state index in [0.29, 0.717) is 5.69 Å². The van der Waals surface area contributed by atoms with Gasteiger partial charge in [0, 0.05) is 6.20 Å². The van der Waals surface area contributed by atoms with Crippen molar-refractivity contribution >= 4 is 0 Å². The van der Waals surface area contributed by atoms with Crippen LogP contribution in [-0.4, -0.2) is 15.1 Å². The highest BCUT2D eigenvalue weighted by atomic mass is 16.3. The van der Waals surface area contributed by atoms with E-state index in [0.717, 1.165) is 16.8 Å². The Morgan fingerprint density at radius 2 is 1.29 bits per heavy atom. The molecule has 2 aromatic carbocycles. The van der Waals surface area contributed by atoms with Crippen molar-refractivity contribution in [1.82, 2.24) is 9.97 Å². The quantitative estimate of drug-likeness (QED) is 0.799. The van der Waals surface area contributed by atoms with Crippen molar-refractivity contribution in [1.29, 1.82) is 0 Å². The van der Waals surface area contributed by atoms with Crippen molar-refractivity contribution in [2.45, 2.75) is 12.5 Å². The molecule has 3 heteroatoms. The van der Waals surface area contributed by atoms with Crippen molar-refractivity contribution < 1.29 is 5.11 Å². The van der Waals surface area contributed by atoms with Gasteiger partial charge in [-0.1, -0.05) is 60.7 Å². The van der Waals surface area contributed by atoms with Crippen LogP contribution in [-0.2, 0) is 5.60 Å². The number of rotatable bonds is 3. The molecule has 0 aliphatic carbocycles. The maximum Gasteiger partial charge on any atom is 0.158 e. The number of aryl methyl sites for hydroxylation is 1. The van der Waals surface area contributed by atoms with Crippen molar-refractivity contribution in [3.63, 3.8) is 0 Å². The van der Waals surface area contributed by atoms with Gasteiger partial charge in [0.25, 0.3) is 0 Å². The molecule has 3 nitrogen and oxygen atoms in total. The first-order valence-corrected chi connectivity index (χ1v) is 6.84. The Morgan fingerprint density at radius 1 is 0.762 bits per heavy atom. The minimum absolute atomic E-state index is 0.519. The van der Waals surface area contributed by atoms with Crippen LogP contribution in [0.3, 0.4) is 0 Å². The summed E-state index contributed by atoms with van der Waals surface area (Å²) in [6.07, 6.45) is 3.31. The largest absolute Gasteiger partial charge is 0.374 e. The van der Waals surface area contributed by atoms with E-state index >= 15 is 0 Å². The van der Waals surface area contributed by atoms with Gasteiger partial charge < -0.3 is 5.11 Å². The van der Waals surface area contributed by atoms with Gasteiger partial charge in [0.1, 0.15) is 0 Å². The third-order valence-corrected chi connectivity index (χ3v) is 3.53. The molecule has 0 fully saturated rings. The van der Waals surface area contributed by atoms with E-state index < -0.39 is 5.60 Å². The summed E-state index contributed by atoms with van der Waals surface area (Å²) in [4.78, 5) is 8.66. The lowest BCUT2D eigenvalue weighted by Crippen LogP contribution is -2.30. The summed E-state index contributed by atoms with van der Waals surface area (Å²) in [6, 6.07) is 19.1. The molecular formula is C18H16N2O. The third-order valence-electron chi connectivity index (χ3n) is 3.53. The van der Waals surface area contributed by atoms with Crippen LogP contribution in [0.2, 0.25) is 0 Å². The second-order valence-electron chi connectivity index (χ2n) is 4.99. The molecule has 0 saturated heterocycles. The van der Waals surface area contributed by atoms with Crippen LogP contribution in [0.15, 0.2) is 73.1 Å². The van der Waals surface area contributed by atoms with E-state index in [1.54, 1.807) is 12.4 Å². The van der Waals surface area contributed by atoms with Crippen LogP contribution < -0.4 is 0 Å². The topological polar surface area (TPSA) is 46.0 Å². The van der Waals surface area contributed by atoms with Crippen molar-refractivity contribution in [2.24, 2.45) is 0 Å². The molecule has 21 heavy (non-hydrogen) atoms. The van der Waals surface area contributed by atoms with E-state index in [-0.39, 0.29) is 0 Å². The SMILES string of the molecule is Cc1cnc(C(O)(c2ccccc2)c2ccccc2)cn1. The molecule has 0 atom stereocenters. The summed E-state index contributed by atoms with van der Waals surface area (Å²) in [6.45, 7) is 1.88. The first-order chi connectivity index (χ1) is 10.2. The normalized spacial score (nSPS) is 11.3. The Bertz CT molecular complexity index is 670. The van der Waals surface area contributed by atoms with Crippen molar-refractivity contribution in [3.05, 3.63) is 95.6 Å². The molecule has 0 radical (unpaired) electrons. The summed E-state index contributed by atoms with van der Waals surface area (Å²) in [5.41, 5.74) is 1.58. The highest BCUT2D eigenvalue weighted by Crippen LogP contribution is 2.34. The van der Waals surface area contributed by atoms with Gasteiger partial charge in [0.15, 0.2) is 5.60 Å². The number of aliphatic hydroxyl groups is 1. The van der Waals surface area contributed by atoms with Gasteiger partial charge in [-0.3, -0.25) is 9.97 Å². The standard InChI is InChI=1S/C18H16N2O/c1-14-12-20-17(13-19-14)18(21,15-8-4-2-5-9-15)16-10-6-3-7-11-16/h2-13,21H,1H3. The number of benzene rings is 2. The molecule has 104 valence electrons. The van der Waals surface area contributed by atoms with E-state index in [1.165, 1.54) is 0 Å². The van der Waals surface area contributed by atoms with Crippen molar-refractivity contribution in [2.75, 3.05) is 0 Å². The lowest BCUT2D eigenvalue weighted by molar-refractivity contribution is 0.120. The molecule has 1 aromatic heterocycles. The average Bonchev–Trinajstić information content (AvgIpc) is 2.56. The molecule has 0 spiro atoms. The first kappa shape index (κ1) is 13.5. The van der Waals surface area contributed by atoms with Gasteiger partial charge in [-0.2, -0.15) is 0 Å². The van der Waals surface area contributed by atoms with Gasteiger partial charge in [-0.15, -0.1) is 0 Å². The smallest absolute Gasteiger partial charge is 0.158 e. The Balaban J connectivity index is 2.23. The van der Waals surface area contributed by atoms with E-state index in [2.05, 4.69) is 9.97 Å². The maximum atomic E-state index is 11.4. The predicted octanol–water partition coefficient (Wildman–Crippen LogP) is 3.07. The lowest BCUT2D eigenvalue weighted by atomic mass is 9.84. The minimum atomic E-state index is -1.30. The number of aromatic nitrogens is 2. The van der Waals surface area contributed by atoms with Crippen LogP contribution in [0.1, 0.15) is 22.5 Å². The molecule has 1 heterocycles. The van der Waals surface area contributed by atoms with Crippen LogP contribution in [0.5, 0.6) is 0 Å². The van der Waals surface area contributed by atoms with E-state index in [4.69, 9.17) is 0 Å². The van der Waals surface area contributed by atoms with Crippen molar-refractivity contribution in [3.8, 4) is 0 Å². The van der Waals surface area contributed by atoms with E-state index in [1.807, 2.05) is 67.6 Å². The molecular weight excluding hydrogens is 260 g/mol. The van der Waals surface area contributed by atoms with E-state index in [9.17, 15) is 5.11 Å². The molecule has 0 unspecified atom stereocenters. The highest BCUT2D eigenvalue weighted by molar-refractivity contribution is 5.43. The van der Waals surface area contributed by atoms with Crippen LogP contribution >= 0.6 is 0 Å². The molecule has 0 saturated carbocycles. The zero-order chi connectivity index (χ0) is 14.7. The van der Waals surface area contributed by atoms with Crippen LogP contribution in [0, 0.1) is 6.92 Å². The summed E-state index contributed by atoms with van der Waals surface area (Å²) < 4.78 is 0. The number of hydrogen-bond acceptors (Lipinski definition) is 3. The fraction of sp³-hybridized carbons (Fsp3) is 0.111. The second kappa shape index (κ2) is 5.46. The minimum Gasteiger partial charge on any atom is -0.374 e. The fourth-order valence-electron chi connectivity index (χ4n) is 2.40. The zero-order valence-electron chi connectivity index (χ0n) is 11.8. The third kappa shape index (κ3) is 2.43. The molecule has 0 bridgehead atoms. The molecule has 0 aliphatic heterocycles. The summed E-state index contributed by atoms with van der Waals surface area (Å²) >= 11 is 0. The Kier molecular flexibility index (Phi) is 3.50. The lowest BCUT2D eigenvalue weighted by Gasteiger charge is -2.28. The highest BCUT2D eigenvalue weighted by Gasteiger charge is 2.35. The fourth-order valence-corrected chi connectivity index (χ4v) is 2.40. The van der Waals surface area contributed by atoms with Crippen LogP contribution in [0.25, 0.3) is 0 Å². The zero-order valence-corrected chi connectivity index (χ0v) is 11.8. The second-order valence-corrected chi connectivity index (χ2v) is 4.99. The molecule has 1 N–H and O–H groups in total. The Labute approximate surface area is 124 Å². The summed E-state index contributed by atoms with van der Waals surface area (Å²) in [7, 11) is 0. The Morgan fingerprint density at radius 3 is 1.71 bits per heavy atom. The van der Waals surface area contributed by atoms with Gasteiger partial charge in [-0.25, -0.2) is 0 Å². The summed E-state index contributed by atoms with van der Waals surface area (Å²) in [5, 5.41) is 11.4. The molecule has 3 rings (SSSR count). The van der Waals surface area contributed by atoms with Gasteiger partial charge in [0.05, 0.1) is 17.6 Å². The molecule has 0 aliphatic rings. The number of hydrogen-bond donors (Lipinski definition) is 1. The van der Waals surface area contributed by atoms with Gasteiger partial charge in [0.2, 0.25) is 0 Å². The summed E-state index contributed by atoms with van der Waals surface area (Å²) in [5.74, 6) is 0. The van der Waals surface area contributed by atoms with Gasteiger partial charge in [-0.05, 0) is 18.1 Å². The monoisotopic (exact) mass is 276 g/mol. The van der Waals surface area contributed by atoms with Gasteiger partial charge >= 0.3 is 0 Å². The maximum absolute atomic E-state index is 11.4. The molecule has 0 amide bonds.